The average Bonchev–Trinajstić information content (AvgIpc) is 2.81. The van der Waals surface area contributed by atoms with Gasteiger partial charge in [0.25, 0.3) is 0 Å². The lowest BCUT2D eigenvalue weighted by atomic mass is 9.93. The second-order valence-corrected chi connectivity index (χ2v) is 8.58. The highest BCUT2D eigenvalue weighted by atomic mass is 19.1. The number of carbonyl (C=O) groups is 1. The molecular weight excluding hydrogens is 419 g/mol. The summed E-state index contributed by atoms with van der Waals surface area (Å²) in [6.45, 7) is 3.98. The first kappa shape index (κ1) is 22.8. The quantitative estimate of drug-likeness (QED) is 0.591. The number of benzene rings is 1. The molecule has 1 fully saturated rings. The smallest absolute Gasteiger partial charge is 0.236 e. The van der Waals surface area contributed by atoms with Crippen LogP contribution in [0.25, 0.3) is 0 Å². The van der Waals surface area contributed by atoms with Crippen LogP contribution in [0.15, 0.2) is 55.0 Å². The van der Waals surface area contributed by atoms with Crippen LogP contribution in [0, 0.1) is 12.7 Å². The summed E-state index contributed by atoms with van der Waals surface area (Å²) in [6.07, 6.45) is 6.86. The van der Waals surface area contributed by atoms with Crippen LogP contribution >= 0.6 is 0 Å². The molecule has 1 unspecified atom stereocenters. The molecule has 4 rings (SSSR count). The number of pyridine rings is 1. The third-order valence-electron chi connectivity index (χ3n) is 5.80. The molecule has 0 spiro atoms. The zero-order valence-corrected chi connectivity index (χ0v) is 19.0. The van der Waals surface area contributed by atoms with Gasteiger partial charge in [-0.1, -0.05) is 18.2 Å². The summed E-state index contributed by atoms with van der Waals surface area (Å²) in [4.78, 5) is 29.9. The van der Waals surface area contributed by atoms with E-state index in [2.05, 4.69) is 15.3 Å². The predicted octanol–water partition coefficient (Wildman–Crippen LogP) is 3.90. The van der Waals surface area contributed by atoms with Crippen molar-refractivity contribution in [3.05, 3.63) is 77.8 Å². The Balaban J connectivity index is 1.39. The molecule has 1 N–H and O–H groups in total. The van der Waals surface area contributed by atoms with Crippen molar-refractivity contribution in [1.82, 2.24) is 24.8 Å². The van der Waals surface area contributed by atoms with Crippen LogP contribution in [-0.2, 0) is 11.3 Å². The SMILES string of the molecule is Cc1cc(Nc2cnccn2)cc(C2CCCN(C(=O)CN(C)Cc3ccccc3F)C2)n1. The summed E-state index contributed by atoms with van der Waals surface area (Å²) in [5, 5.41) is 3.28. The first-order chi connectivity index (χ1) is 16.0. The summed E-state index contributed by atoms with van der Waals surface area (Å²) >= 11 is 0. The summed E-state index contributed by atoms with van der Waals surface area (Å²) in [5.74, 6) is 0.657. The van der Waals surface area contributed by atoms with Gasteiger partial charge in [0.2, 0.25) is 5.91 Å². The van der Waals surface area contributed by atoms with Crippen molar-refractivity contribution in [2.45, 2.75) is 32.2 Å². The predicted molar refractivity (Wildman–Crippen MR) is 126 cm³/mol. The van der Waals surface area contributed by atoms with E-state index in [4.69, 9.17) is 4.98 Å². The average molecular weight is 449 g/mol. The third-order valence-corrected chi connectivity index (χ3v) is 5.80. The highest BCUT2D eigenvalue weighted by molar-refractivity contribution is 5.78. The van der Waals surface area contributed by atoms with Gasteiger partial charge in [-0.15, -0.1) is 0 Å². The molecule has 0 saturated carbocycles. The molecule has 3 heterocycles. The van der Waals surface area contributed by atoms with Gasteiger partial charge in [0.15, 0.2) is 0 Å². The van der Waals surface area contributed by atoms with E-state index < -0.39 is 0 Å². The molecule has 3 aromatic rings. The Morgan fingerprint density at radius 2 is 2.12 bits per heavy atom. The summed E-state index contributed by atoms with van der Waals surface area (Å²) in [7, 11) is 1.85. The van der Waals surface area contributed by atoms with Crippen LogP contribution in [0.2, 0.25) is 0 Å². The Hall–Kier alpha value is -3.39. The van der Waals surface area contributed by atoms with E-state index in [1.807, 2.05) is 42.0 Å². The van der Waals surface area contributed by atoms with Crippen molar-refractivity contribution in [1.29, 1.82) is 0 Å². The minimum atomic E-state index is -0.244. The van der Waals surface area contributed by atoms with Gasteiger partial charge >= 0.3 is 0 Å². The summed E-state index contributed by atoms with van der Waals surface area (Å²) in [6, 6.07) is 10.7. The lowest BCUT2D eigenvalue weighted by Crippen LogP contribution is -2.43. The van der Waals surface area contributed by atoms with Crippen molar-refractivity contribution in [2.24, 2.45) is 0 Å². The number of likely N-dealkylation sites (N-methyl/N-ethyl adjacent to an activating group) is 1. The van der Waals surface area contributed by atoms with Gasteiger partial charge in [-0.25, -0.2) is 9.37 Å². The van der Waals surface area contributed by atoms with Gasteiger partial charge in [-0.3, -0.25) is 19.7 Å². The molecule has 0 bridgehead atoms. The fraction of sp³-hybridized carbons (Fsp3) is 0.360. The van der Waals surface area contributed by atoms with E-state index in [9.17, 15) is 9.18 Å². The molecule has 8 heteroatoms. The second kappa shape index (κ2) is 10.5. The molecule has 0 radical (unpaired) electrons. The molecule has 1 amide bonds. The number of anilines is 2. The number of nitrogens with zero attached hydrogens (tertiary/aromatic N) is 5. The lowest BCUT2D eigenvalue weighted by Gasteiger charge is -2.34. The fourth-order valence-electron chi connectivity index (χ4n) is 4.24. The molecular formula is C25H29FN6O. The number of carbonyl (C=O) groups excluding carboxylic acids is 1. The highest BCUT2D eigenvalue weighted by Gasteiger charge is 2.26. The molecule has 1 aromatic carbocycles. The van der Waals surface area contributed by atoms with Crippen molar-refractivity contribution in [3.63, 3.8) is 0 Å². The maximum Gasteiger partial charge on any atom is 0.236 e. The number of aryl methyl sites for hydroxylation is 1. The van der Waals surface area contributed by atoms with E-state index in [1.165, 1.54) is 6.07 Å². The van der Waals surface area contributed by atoms with Crippen molar-refractivity contribution in [2.75, 3.05) is 32.0 Å². The highest BCUT2D eigenvalue weighted by Crippen LogP contribution is 2.28. The summed E-state index contributed by atoms with van der Waals surface area (Å²) in [5.41, 5.74) is 3.38. The third kappa shape index (κ3) is 6.10. The van der Waals surface area contributed by atoms with E-state index in [1.54, 1.807) is 30.7 Å². The maximum absolute atomic E-state index is 13.9. The number of hydrogen-bond acceptors (Lipinski definition) is 6. The minimum absolute atomic E-state index is 0.0594. The molecule has 1 aliphatic rings. The standard InChI is InChI=1S/C25H29FN6O/c1-18-12-21(30-24-14-27-9-10-28-24)13-23(29-18)20-7-5-11-32(16-20)25(33)17-31(2)15-19-6-3-4-8-22(19)26/h3-4,6,8-10,12-14,20H,5,7,11,15-17H2,1-2H3,(H,28,29,30). The minimum Gasteiger partial charge on any atom is -0.341 e. The number of nitrogens with one attached hydrogen (secondary N) is 1. The van der Waals surface area contributed by atoms with Gasteiger partial charge in [-0.05, 0) is 45.0 Å². The molecule has 1 saturated heterocycles. The Labute approximate surface area is 193 Å². The molecule has 7 nitrogen and oxygen atoms in total. The van der Waals surface area contributed by atoms with Gasteiger partial charge in [-0.2, -0.15) is 0 Å². The first-order valence-electron chi connectivity index (χ1n) is 11.2. The van der Waals surface area contributed by atoms with Crippen molar-refractivity contribution >= 4 is 17.4 Å². The summed E-state index contributed by atoms with van der Waals surface area (Å²) < 4.78 is 13.9. The van der Waals surface area contributed by atoms with Gasteiger partial charge in [0.1, 0.15) is 11.6 Å². The Bertz CT molecular complexity index is 1090. The van der Waals surface area contributed by atoms with Crippen LogP contribution in [0.4, 0.5) is 15.9 Å². The van der Waals surface area contributed by atoms with E-state index in [0.29, 0.717) is 24.5 Å². The molecule has 33 heavy (non-hydrogen) atoms. The number of piperidine rings is 1. The van der Waals surface area contributed by atoms with E-state index in [-0.39, 0.29) is 24.2 Å². The van der Waals surface area contributed by atoms with Gasteiger partial charge in [0, 0.05) is 60.6 Å². The van der Waals surface area contributed by atoms with Crippen LogP contribution in [0.5, 0.6) is 0 Å². The number of halogens is 1. The van der Waals surface area contributed by atoms with E-state index in [0.717, 1.165) is 36.5 Å². The number of hydrogen-bond donors (Lipinski definition) is 1. The Morgan fingerprint density at radius 3 is 2.91 bits per heavy atom. The normalized spacial score (nSPS) is 16.1. The van der Waals surface area contributed by atoms with Gasteiger partial charge < -0.3 is 10.2 Å². The number of likely N-dealkylation sites (tertiary alicyclic amines) is 1. The molecule has 0 aliphatic carbocycles. The second-order valence-electron chi connectivity index (χ2n) is 8.58. The van der Waals surface area contributed by atoms with Crippen LogP contribution in [0.1, 0.15) is 35.7 Å². The largest absolute Gasteiger partial charge is 0.341 e. The van der Waals surface area contributed by atoms with E-state index >= 15 is 0 Å². The van der Waals surface area contributed by atoms with Crippen LogP contribution < -0.4 is 5.32 Å². The van der Waals surface area contributed by atoms with Crippen LogP contribution in [-0.4, -0.2) is 57.3 Å². The van der Waals surface area contributed by atoms with Crippen molar-refractivity contribution < 1.29 is 9.18 Å². The monoisotopic (exact) mass is 448 g/mol. The van der Waals surface area contributed by atoms with Gasteiger partial charge in [0.05, 0.1) is 12.7 Å². The number of rotatable bonds is 7. The zero-order chi connectivity index (χ0) is 23.2. The number of aromatic nitrogens is 3. The molecule has 1 atom stereocenters. The Kier molecular flexibility index (Phi) is 7.24. The topological polar surface area (TPSA) is 74.2 Å². The van der Waals surface area contributed by atoms with Crippen LogP contribution in [0.3, 0.4) is 0 Å². The Morgan fingerprint density at radius 1 is 1.27 bits per heavy atom. The number of amides is 1. The molecule has 172 valence electrons. The first-order valence-corrected chi connectivity index (χ1v) is 11.2. The van der Waals surface area contributed by atoms with Crippen molar-refractivity contribution in [3.8, 4) is 0 Å². The zero-order valence-electron chi connectivity index (χ0n) is 19.0. The molecule has 1 aliphatic heterocycles. The molecule has 2 aromatic heterocycles. The fourth-order valence-corrected chi connectivity index (χ4v) is 4.24. The lowest BCUT2D eigenvalue weighted by molar-refractivity contribution is -0.133. The maximum atomic E-state index is 13.9.